The molecule has 1 aromatic rings. The lowest BCUT2D eigenvalue weighted by molar-refractivity contribution is -0.169. The highest BCUT2D eigenvalue weighted by molar-refractivity contribution is 5.55. The van der Waals surface area contributed by atoms with Crippen molar-refractivity contribution in [3.8, 4) is 0 Å². The highest BCUT2D eigenvalue weighted by Crippen LogP contribution is 2.33. The molecule has 110 valence electrons. The van der Waals surface area contributed by atoms with Crippen molar-refractivity contribution in [2.75, 3.05) is 36.5 Å². The first-order valence-corrected chi connectivity index (χ1v) is 7.56. The van der Waals surface area contributed by atoms with Gasteiger partial charge in [-0.25, -0.2) is 0 Å². The second-order valence-corrected chi connectivity index (χ2v) is 5.94. The van der Waals surface area contributed by atoms with E-state index in [1.54, 1.807) is 0 Å². The van der Waals surface area contributed by atoms with Crippen molar-refractivity contribution in [3.05, 3.63) is 24.3 Å². The van der Waals surface area contributed by atoms with Crippen LogP contribution in [0.4, 0.5) is 11.4 Å². The second kappa shape index (κ2) is 5.62. The fraction of sp³-hybridized carbons (Fsp3) is 0.625. The third kappa shape index (κ3) is 2.91. The Bertz CT molecular complexity index is 428. The Morgan fingerprint density at radius 3 is 2.20 bits per heavy atom. The minimum absolute atomic E-state index is 0.282. The quantitative estimate of drug-likeness (QED) is 0.920. The minimum atomic E-state index is -0.282. The average molecular weight is 276 g/mol. The zero-order chi connectivity index (χ0) is 14.0. The van der Waals surface area contributed by atoms with Gasteiger partial charge in [-0.15, -0.1) is 0 Å². The molecule has 3 rings (SSSR count). The fourth-order valence-corrected chi connectivity index (χ4v) is 2.99. The standard InChI is InChI=1S/C16H24N2O2/c1-13(2)17-14-3-5-15(6-4-14)18-9-7-16(8-10-18)19-11-12-20-16/h3-6,13,17H,7-12H2,1-2H3. The van der Waals surface area contributed by atoms with E-state index in [0.717, 1.165) is 39.1 Å². The first kappa shape index (κ1) is 13.7. The summed E-state index contributed by atoms with van der Waals surface area (Å²) in [5, 5.41) is 3.42. The van der Waals surface area contributed by atoms with Crippen LogP contribution in [0.3, 0.4) is 0 Å². The van der Waals surface area contributed by atoms with Crippen molar-refractivity contribution in [2.24, 2.45) is 0 Å². The maximum absolute atomic E-state index is 5.77. The number of piperidine rings is 1. The van der Waals surface area contributed by atoms with Gasteiger partial charge in [-0.2, -0.15) is 0 Å². The monoisotopic (exact) mass is 276 g/mol. The van der Waals surface area contributed by atoms with Gasteiger partial charge >= 0.3 is 0 Å². The molecule has 0 unspecified atom stereocenters. The number of rotatable bonds is 3. The third-order valence-corrected chi connectivity index (χ3v) is 4.03. The summed E-state index contributed by atoms with van der Waals surface area (Å²) in [5.41, 5.74) is 2.46. The Balaban J connectivity index is 1.60. The van der Waals surface area contributed by atoms with Gasteiger partial charge in [0.1, 0.15) is 0 Å². The highest BCUT2D eigenvalue weighted by atomic mass is 16.7. The molecule has 2 aliphatic heterocycles. The van der Waals surface area contributed by atoms with Gasteiger partial charge in [-0.05, 0) is 38.1 Å². The Morgan fingerprint density at radius 1 is 1.05 bits per heavy atom. The van der Waals surface area contributed by atoms with E-state index in [0.29, 0.717) is 6.04 Å². The normalized spacial score (nSPS) is 21.6. The number of nitrogens with zero attached hydrogens (tertiary/aromatic N) is 1. The van der Waals surface area contributed by atoms with E-state index in [1.165, 1.54) is 11.4 Å². The molecule has 2 heterocycles. The molecule has 0 bridgehead atoms. The summed E-state index contributed by atoms with van der Waals surface area (Å²) in [6.45, 7) is 7.79. The van der Waals surface area contributed by atoms with Gasteiger partial charge in [0.05, 0.1) is 13.2 Å². The summed E-state index contributed by atoms with van der Waals surface area (Å²) in [5.74, 6) is -0.282. The molecule has 1 spiro atoms. The van der Waals surface area contributed by atoms with Crippen LogP contribution in [0.2, 0.25) is 0 Å². The first-order valence-electron chi connectivity index (χ1n) is 7.56. The van der Waals surface area contributed by atoms with E-state index in [9.17, 15) is 0 Å². The molecule has 0 aromatic heterocycles. The molecule has 0 saturated carbocycles. The summed E-state index contributed by atoms with van der Waals surface area (Å²) < 4.78 is 11.5. The van der Waals surface area contributed by atoms with Crippen LogP contribution in [0.1, 0.15) is 26.7 Å². The fourth-order valence-electron chi connectivity index (χ4n) is 2.99. The van der Waals surface area contributed by atoms with Crippen LogP contribution in [-0.4, -0.2) is 38.1 Å². The Morgan fingerprint density at radius 2 is 1.65 bits per heavy atom. The molecule has 0 radical (unpaired) electrons. The zero-order valence-corrected chi connectivity index (χ0v) is 12.4. The molecule has 2 aliphatic rings. The average Bonchev–Trinajstić information content (AvgIpc) is 2.89. The van der Waals surface area contributed by atoms with Gasteiger partial charge in [0.2, 0.25) is 0 Å². The summed E-state index contributed by atoms with van der Waals surface area (Å²) in [7, 11) is 0. The second-order valence-electron chi connectivity index (χ2n) is 5.94. The van der Waals surface area contributed by atoms with Gasteiger partial charge in [0.25, 0.3) is 0 Å². The number of nitrogens with one attached hydrogen (secondary N) is 1. The topological polar surface area (TPSA) is 33.7 Å². The number of ether oxygens (including phenoxy) is 2. The third-order valence-electron chi connectivity index (χ3n) is 4.03. The highest BCUT2D eigenvalue weighted by Gasteiger charge is 2.39. The number of hydrogen-bond acceptors (Lipinski definition) is 4. The van der Waals surface area contributed by atoms with Gasteiger partial charge in [0.15, 0.2) is 5.79 Å². The maximum atomic E-state index is 5.77. The van der Waals surface area contributed by atoms with E-state index < -0.39 is 0 Å². The van der Waals surface area contributed by atoms with Crippen LogP contribution in [0.5, 0.6) is 0 Å². The summed E-state index contributed by atoms with van der Waals surface area (Å²) in [4.78, 5) is 2.41. The van der Waals surface area contributed by atoms with Crippen LogP contribution < -0.4 is 10.2 Å². The Hall–Kier alpha value is -1.26. The Kier molecular flexibility index (Phi) is 3.85. The summed E-state index contributed by atoms with van der Waals surface area (Å²) in [6.07, 6.45) is 1.91. The number of anilines is 2. The predicted molar refractivity (Wildman–Crippen MR) is 81.3 cm³/mol. The molecule has 4 heteroatoms. The molecule has 4 nitrogen and oxygen atoms in total. The van der Waals surface area contributed by atoms with Crippen molar-refractivity contribution < 1.29 is 9.47 Å². The van der Waals surface area contributed by atoms with E-state index >= 15 is 0 Å². The van der Waals surface area contributed by atoms with Crippen LogP contribution >= 0.6 is 0 Å². The van der Waals surface area contributed by atoms with E-state index in [1.807, 2.05) is 0 Å². The van der Waals surface area contributed by atoms with Crippen molar-refractivity contribution in [2.45, 2.75) is 38.5 Å². The molecule has 1 aromatic carbocycles. The Labute approximate surface area is 121 Å². The minimum Gasteiger partial charge on any atom is -0.383 e. The smallest absolute Gasteiger partial charge is 0.171 e. The van der Waals surface area contributed by atoms with E-state index in [2.05, 4.69) is 48.3 Å². The van der Waals surface area contributed by atoms with Crippen LogP contribution in [0.15, 0.2) is 24.3 Å². The predicted octanol–water partition coefficient (Wildman–Crippen LogP) is 2.85. The lowest BCUT2D eigenvalue weighted by Crippen LogP contribution is -2.45. The molecule has 0 amide bonds. The van der Waals surface area contributed by atoms with Gasteiger partial charge in [-0.1, -0.05) is 0 Å². The van der Waals surface area contributed by atoms with Crippen LogP contribution in [0.25, 0.3) is 0 Å². The number of benzene rings is 1. The SMILES string of the molecule is CC(C)Nc1ccc(N2CCC3(CC2)OCCO3)cc1. The van der Waals surface area contributed by atoms with Gasteiger partial charge < -0.3 is 19.7 Å². The van der Waals surface area contributed by atoms with Gasteiger partial charge in [0, 0.05) is 43.3 Å². The van der Waals surface area contributed by atoms with Gasteiger partial charge in [-0.3, -0.25) is 0 Å². The largest absolute Gasteiger partial charge is 0.383 e. The van der Waals surface area contributed by atoms with Crippen molar-refractivity contribution in [3.63, 3.8) is 0 Å². The molecular formula is C16H24N2O2. The maximum Gasteiger partial charge on any atom is 0.171 e. The lowest BCUT2D eigenvalue weighted by Gasteiger charge is -2.38. The molecule has 1 N–H and O–H groups in total. The molecule has 2 saturated heterocycles. The van der Waals surface area contributed by atoms with Crippen molar-refractivity contribution in [1.82, 2.24) is 0 Å². The summed E-state index contributed by atoms with van der Waals surface area (Å²) >= 11 is 0. The molecule has 0 aliphatic carbocycles. The molecular weight excluding hydrogens is 252 g/mol. The molecule has 20 heavy (non-hydrogen) atoms. The lowest BCUT2D eigenvalue weighted by atomic mass is 10.0. The van der Waals surface area contributed by atoms with Crippen LogP contribution in [-0.2, 0) is 9.47 Å². The van der Waals surface area contributed by atoms with Crippen molar-refractivity contribution in [1.29, 1.82) is 0 Å². The molecule has 2 fully saturated rings. The van der Waals surface area contributed by atoms with Crippen molar-refractivity contribution >= 4 is 11.4 Å². The number of hydrogen-bond donors (Lipinski definition) is 1. The summed E-state index contributed by atoms with van der Waals surface area (Å²) in [6, 6.07) is 9.16. The van der Waals surface area contributed by atoms with E-state index in [-0.39, 0.29) is 5.79 Å². The first-order chi connectivity index (χ1) is 9.67. The van der Waals surface area contributed by atoms with Crippen LogP contribution in [0, 0.1) is 0 Å². The molecule has 0 atom stereocenters. The zero-order valence-electron chi connectivity index (χ0n) is 12.4. The van der Waals surface area contributed by atoms with E-state index in [4.69, 9.17) is 9.47 Å².